The Morgan fingerprint density at radius 3 is 2.07 bits per heavy atom. The lowest BCUT2D eigenvalue weighted by atomic mass is 9.80. The average Bonchev–Trinajstić information content (AvgIpc) is 2.10. The molecular weight excluding hydrogens is 190 g/mol. The highest BCUT2D eigenvalue weighted by Gasteiger charge is 2.45. The van der Waals surface area contributed by atoms with Gasteiger partial charge in [-0.2, -0.15) is 5.06 Å². The molecule has 0 aromatic rings. The van der Waals surface area contributed by atoms with Crippen molar-refractivity contribution in [2.75, 3.05) is 6.61 Å². The fraction of sp³-hybridized carbons (Fsp3) is 1.00. The Balaban J connectivity index is 2.66. The van der Waals surface area contributed by atoms with E-state index >= 15 is 0 Å². The Hall–Kier alpha value is -0.120. The van der Waals surface area contributed by atoms with Gasteiger partial charge in [-0.05, 0) is 47.0 Å². The van der Waals surface area contributed by atoms with Gasteiger partial charge in [0.15, 0.2) is 0 Å². The molecule has 1 saturated heterocycles. The molecule has 1 fully saturated rings. The van der Waals surface area contributed by atoms with E-state index in [2.05, 4.69) is 34.6 Å². The monoisotopic (exact) mass is 215 g/mol. The van der Waals surface area contributed by atoms with Crippen LogP contribution in [0.15, 0.2) is 0 Å². The summed E-state index contributed by atoms with van der Waals surface area (Å²) < 4.78 is 5.81. The summed E-state index contributed by atoms with van der Waals surface area (Å²) in [5, 5.41) is 11.6. The van der Waals surface area contributed by atoms with Crippen LogP contribution in [0.3, 0.4) is 0 Å². The zero-order chi connectivity index (χ0) is 11.7. The summed E-state index contributed by atoms with van der Waals surface area (Å²) in [6, 6.07) is 0. The third kappa shape index (κ3) is 2.92. The minimum Gasteiger partial charge on any atom is -0.378 e. The van der Waals surface area contributed by atoms with Crippen molar-refractivity contribution >= 4 is 0 Å². The van der Waals surface area contributed by atoms with Crippen LogP contribution in [-0.2, 0) is 4.74 Å². The van der Waals surface area contributed by atoms with Gasteiger partial charge >= 0.3 is 0 Å². The Labute approximate surface area is 93.4 Å². The molecule has 15 heavy (non-hydrogen) atoms. The molecule has 0 unspecified atom stereocenters. The van der Waals surface area contributed by atoms with E-state index in [0.717, 1.165) is 25.9 Å². The van der Waals surface area contributed by atoms with Gasteiger partial charge in [-0.15, -0.1) is 0 Å². The molecule has 0 aromatic carbocycles. The summed E-state index contributed by atoms with van der Waals surface area (Å²) >= 11 is 0. The summed E-state index contributed by atoms with van der Waals surface area (Å²) in [5.41, 5.74) is -0.389. The van der Waals surface area contributed by atoms with E-state index in [0.29, 0.717) is 0 Å². The first kappa shape index (κ1) is 12.9. The van der Waals surface area contributed by atoms with E-state index in [4.69, 9.17) is 4.74 Å². The molecule has 0 radical (unpaired) electrons. The van der Waals surface area contributed by atoms with Crippen molar-refractivity contribution < 1.29 is 9.94 Å². The summed E-state index contributed by atoms with van der Waals surface area (Å²) in [6.45, 7) is 11.2. The highest BCUT2D eigenvalue weighted by Crippen LogP contribution is 2.37. The fourth-order valence-corrected chi connectivity index (χ4v) is 2.58. The van der Waals surface area contributed by atoms with Crippen LogP contribution in [0.1, 0.15) is 53.9 Å². The Kier molecular flexibility index (Phi) is 3.80. The van der Waals surface area contributed by atoms with Gasteiger partial charge < -0.3 is 9.94 Å². The lowest BCUT2D eigenvalue weighted by Crippen LogP contribution is -2.60. The van der Waals surface area contributed by atoms with Crippen LogP contribution in [0.25, 0.3) is 0 Å². The van der Waals surface area contributed by atoms with E-state index in [1.165, 1.54) is 5.06 Å². The first-order valence-electron chi connectivity index (χ1n) is 5.90. The number of rotatable bonds is 3. The van der Waals surface area contributed by atoms with Gasteiger partial charge in [0.1, 0.15) is 0 Å². The van der Waals surface area contributed by atoms with Gasteiger partial charge in [0, 0.05) is 17.7 Å². The predicted octanol–water partition coefficient (Wildman–Crippen LogP) is 2.82. The van der Waals surface area contributed by atoms with Crippen molar-refractivity contribution in [3.05, 3.63) is 0 Å². The summed E-state index contributed by atoms with van der Waals surface area (Å²) in [5.74, 6) is 0. The number of nitrogens with zero attached hydrogens (tertiary/aromatic N) is 1. The van der Waals surface area contributed by atoms with Crippen LogP contribution in [0, 0.1) is 0 Å². The zero-order valence-corrected chi connectivity index (χ0v) is 10.7. The number of ether oxygens (including phenoxy) is 1. The second-order valence-electron chi connectivity index (χ2n) is 5.84. The maximum absolute atomic E-state index is 10.1. The van der Waals surface area contributed by atoms with Crippen LogP contribution in [-0.4, -0.2) is 34.1 Å². The van der Waals surface area contributed by atoms with Crippen molar-refractivity contribution in [3.8, 4) is 0 Å². The van der Waals surface area contributed by atoms with Crippen molar-refractivity contribution in [2.45, 2.75) is 71.1 Å². The Morgan fingerprint density at radius 2 is 1.67 bits per heavy atom. The zero-order valence-electron chi connectivity index (χ0n) is 10.7. The SMILES string of the molecule is CCCOC1CC(C)(C)N(O)C(C)(C)C1. The van der Waals surface area contributed by atoms with Gasteiger partial charge in [-0.1, -0.05) is 6.92 Å². The number of hydroxylamine groups is 2. The van der Waals surface area contributed by atoms with Crippen LogP contribution >= 0.6 is 0 Å². The largest absolute Gasteiger partial charge is 0.378 e. The Bertz CT molecular complexity index is 196. The van der Waals surface area contributed by atoms with Crippen molar-refractivity contribution in [3.63, 3.8) is 0 Å². The van der Waals surface area contributed by atoms with E-state index in [1.54, 1.807) is 0 Å². The molecule has 0 aromatic heterocycles. The molecule has 3 nitrogen and oxygen atoms in total. The second-order valence-corrected chi connectivity index (χ2v) is 5.84. The number of piperidine rings is 1. The standard InChI is InChI=1S/C12H25NO2/c1-6-7-15-10-8-11(2,3)13(14)12(4,5)9-10/h10,14H,6-9H2,1-5H3. The van der Waals surface area contributed by atoms with Crippen LogP contribution < -0.4 is 0 Å². The minimum absolute atomic E-state index is 0.194. The topological polar surface area (TPSA) is 32.7 Å². The van der Waals surface area contributed by atoms with E-state index in [1.807, 2.05) is 0 Å². The van der Waals surface area contributed by atoms with Crippen LogP contribution in [0.5, 0.6) is 0 Å². The molecule has 0 bridgehead atoms. The molecule has 0 atom stereocenters. The molecule has 1 rings (SSSR count). The Morgan fingerprint density at radius 1 is 1.20 bits per heavy atom. The van der Waals surface area contributed by atoms with Gasteiger partial charge in [0.25, 0.3) is 0 Å². The molecule has 0 saturated carbocycles. The predicted molar refractivity (Wildman–Crippen MR) is 61.0 cm³/mol. The quantitative estimate of drug-likeness (QED) is 0.785. The molecular formula is C12H25NO2. The van der Waals surface area contributed by atoms with Gasteiger partial charge in [-0.3, -0.25) is 0 Å². The van der Waals surface area contributed by atoms with Crippen LogP contribution in [0.4, 0.5) is 0 Å². The lowest BCUT2D eigenvalue weighted by Gasteiger charge is -2.51. The molecule has 0 amide bonds. The normalized spacial score (nSPS) is 26.8. The molecule has 90 valence electrons. The van der Waals surface area contributed by atoms with E-state index < -0.39 is 0 Å². The van der Waals surface area contributed by atoms with Gasteiger partial charge in [0.2, 0.25) is 0 Å². The third-order valence-corrected chi connectivity index (χ3v) is 3.16. The minimum atomic E-state index is -0.194. The summed E-state index contributed by atoms with van der Waals surface area (Å²) in [6.07, 6.45) is 3.12. The maximum atomic E-state index is 10.1. The highest BCUT2D eigenvalue weighted by atomic mass is 16.5. The van der Waals surface area contributed by atoms with Crippen molar-refractivity contribution in [2.24, 2.45) is 0 Å². The average molecular weight is 215 g/mol. The maximum Gasteiger partial charge on any atom is 0.0611 e. The molecule has 0 spiro atoms. The lowest BCUT2D eigenvalue weighted by molar-refractivity contribution is -0.261. The number of hydrogen-bond acceptors (Lipinski definition) is 3. The molecule has 0 aliphatic carbocycles. The highest BCUT2D eigenvalue weighted by molar-refractivity contribution is 4.96. The summed E-state index contributed by atoms with van der Waals surface area (Å²) in [4.78, 5) is 0. The number of hydrogen-bond donors (Lipinski definition) is 1. The molecule has 3 heteroatoms. The van der Waals surface area contributed by atoms with Crippen LogP contribution in [0.2, 0.25) is 0 Å². The second kappa shape index (κ2) is 4.40. The van der Waals surface area contributed by atoms with E-state index in [9.17, 15) is 5.21 Å². The van der Waals surface area contributed by atoms with Gasteiger partial charge in [-0.25, -0.2) is 0 Å². The summed E-state index contributed by atoms with van der Waals surface area (Å²) in [7, 11) is 0. The molecule has 1 aliphatic heterocycles. The van der Waals surface area contributed by atoms with Gasteiger partial charge in [0.05, 0.1) is 6.10 Å². The smallest absolute Gasteiger partial charge is 0.0611 e. The molecule has 1 heterocycles. The molecule has 1 N–H and O–H groups in total. The fourth-order valence-electron chi connectivity index (χ4n) is 2.58. The van der Waals surface area contributed by atoms with E-state index in [-0.39, 0.29) is 17.2 Å². The first-order valence-corrected chi connectivity index (χ1v) is 5.90. The molecule has 1 aliphatic rings. The third-order valence-electron chi connectivity index (χ3n) is 3.16. The van der Waals surface area contributed by atoms with Crippen molar-refractivity contribution in [1.29, 1.82) is 0 Å². The first-order chi connectivity index (χ1) is 6.79. The van der Waals surface area contributed by atoms with Crippen molar-refractivity contribution in [1.82, 2.24) is 5.06 Å².